The molecule has 0 radical (unpaired) electrons. The number of hydrogen-bond donors (Lipinski definition) is 1. The Morgan fingerprint density at radius 1 is 1.04 bits per heavy atom. The number of nitrogens with one attached hydrogen (secondary N) is 1. The quantitative estimate of drug-likeness (QED) is 0.747. The van der Waals surface area contributed by atoms with Crippen LogP contribution in [0.15, 0.2) is 73.1 Å². The summed E-state index contributed by atoms with van der Waals surface area (Å²) in [6.45, 7) is 2.62. The van der Waals surface area contributed by atoms with Gasteiger partial charge in [-0.25, -0.2) is 4.68 Å². The number of benzene rings is 2. The van der Waals surface area contributed by atoms with Gasteiger partial charge >= 0.3 is 0 Å². The fraction of sp³-hybridized carbons (Fsp3) is 0.286. The summed E-state index contributed by atoms with van der Waals surface area (Å²) in [6.07, 6.45) is 5.10. The second-order valence-electron chi connectivity index (χ2n) is 6.46. The van der Waals surface area contributed by atoms with Gasteiger partial charge in [0.25, 0.3) is 0 Å². The van der Waals surface area contributed by atoms with E-state index in [1.807, 2.05) is 23.1 Å². The standard InChI is InChI=1S/C21H23N3O/c1-2-7-17(8-3-1)21-19(11-14-25-21)16-22-15-18-9-4-5-10-20(18)24-13-6-12-23-24/h1-10,12-13,19,21-22H,11,14-16H2/t19-,21+/m1/s1. The minimum absolute atomic E-state index is 0.204. The molecule has 2 atom stereocenters. The van der Waals surface area contributed by atoms with Gasteiger partial charge in [0.15, 0.2) is 0 Å². The summed E-state index contributed by atoms with van der Waals surface area (Å²) in [5.74, 6) is 0.513. The summed E-state index contributed by atoms with van der Waals surface area (Å²) in [6, 6.07) is 20.9. The molecule has 0 bridgehead atoms. The fourth-order valence-electron chi connectivity index (χ4n) is 3.54. The molecule has 4 heteroatoms. The van der Waals surface area contributed by atoms with Gasteiger partial charge in [0.2, 0.25) is 0 Å². The maximum atomic E-state index is 5.98. The van der Waals surface area contributed by atoms with Gasteiger partial charge in [-0.1, -0.05) is 48.5 Å². The molecule has 0 saturated carbocycles. The molecule has 1 aromatic heterocycles. The molecule has 0 unspecified atom stereocenters. The van der Waals surface area contributed by atoms with Crippen molar-refractivity contribution in [3.8, 4) is 5.69 Å². The van der Waals surface area contributed by atoms with E-state index in [2.05, 4.69) is 65.0 Å². The third-order valence-corrected chi connectivity index (χ3v) is 4.81. The molecule has 4 nitrogen and oxygen atoms in total. The molecule has 0 spiro atoms. The summed E-state index contributed by atoms with van der Waals surface area (Å²) in [5.41, 5.74) is 3.66. The van der Waals surface area contributed by atoms with Crippen LogP contribution < -0.4 is 5.32 Å². The summed E-state index contributed by atoms with van der Waals surface area (Å²) >= 11 is 0. The third kappa shape index (κ3) is 3.65. The SMILES string of the molecule is c1ccc([C@@H]2OCC[C@@H]2CNCc2ccccc2-n2cccn2)cc1. The molecule has 1 N–H and O–H groups in total. The van der Waals surface area contributed by atoms with Gasteiger partial charge < -0.3 is 10.1 Å². The van der Waals surface area contributed by atoms with Gasteiger partial charge in [-0.15, -0.1) is 0 Å². The molecular weight excluding hydrogens is 310 g/mol. The number of nitrogens with zero attached hydrogens (tertiary/aromatic N) is 2. The van der Waals surface area contributed by atoms with Crippen molar-refractivity contribution in [2.24, 2.45) is 5.92 Å². The second-order valence-corrected chi connectivity index (χ2v) is 6.46. The molecule has 3 aromatic rings. The van der Waals surface area contributed by atoms with Crippen LogP contribution in [0.1, 0.15) is 23.7 Å². The van der Waals surface area contributed by atoms with Crippen LogP contribution >= 0.6 is 0 Å². The highest BCUT2D eigenvalue weighted by molar-refractivity contribution is 5.40. The van der Waals surface area contributed by atoms with E-state index >= 15 is 0 Å². The molecule has 25 heavy (non-hydrogen) atoms. The average Bonchev–Trinajstić information content (AvgIpc) is 3.35. The molecule has 2 aromatic carbocycles. The lowest BCUT2D eigenvalue weighted by molar-refractivity contribution is 0.0904. The van der Waals surface area contributed by atoms with Gasteiger partial charge in [-0.2, -0.15) is 5.10 Å². The van der Waals surface area contributed by atoms with Gasteiger partial charge in [0.05, 0.1) is 11.8 Å². The molecule has 1 aliphatic rings. The van der Waals surface area contributed by atoms with Crippen molar-refractivity contribution in [1.82, 2.24) is 15.1 Å². The lowest BCUT2D eigenvalue weighted by Gasteiger charge is -2.20. The Hall–Kier alpha value is -2.43. The zero-order chi connectivity index (χ0) is 16.9. The minimum atomic E-state index is 0.204. The summed E-state index contributed by atoms with van der Waals surface area (Å²) in [4.78, 5) is 0. The van der Waals surface area contributed by atoms with Gasteiger partial charge in [0, 0.05) is 38.0 Å². The monoisotopic (exact) mass is 333 g/mol. The van der Waals surface area contributed by atoms with Gasteiger partial charge in [-0.05, 0) is 29.7 Å². The van der Waals surface area contributed by atoms with Crippen LogP contribution in [-0.4, -0.2) is 22.9 Å². The van der Waals surface area contributed by atoms with Crippen molar-refractivity contribution < 1.29 is 4.74 Å². The Labute approximate surface area is 148 Å². The minimum Gasteiger partial charge on any atom is -0.373 e. The van der Waals surface area contributed by atoms with E-state index in [9.17, 15) is 0 Å². The largest absolute Gasteiger partial charge is 0.373 e. The lowest BCUT2D eigenvalue weighted by atomic mass is 9.95. The maximum absolute atomic E-state index is 5.98. The van der Waals surface area contributed by atoms with E-state index in [0.29, 0.717) is 5.92 Å². The number of para-hydroxylation sites is 1. The first kappa shape index (κ1) is 16.1. The summed E-state index contributed by atoms with van der Waals surface area (Å²) < 4.78 is 7.90. The van der Waals surface area contributed by atoms with E-state index in [4.69, 9.17) is 4.74 Å². The van der Waals surface area contributed by atoms with Crippen molar-refractivity contribution in [2.45, 2.75) is 19.1 Å². The predicted octanol–water partition coefficient (Wildman–Crippen LogP) is 3.74. The molecule has 0 amide bonds. The highest BCUT2D eigenvalue weighted by Gasteiger charge is 2.29. The third-order valence-electron chi connectivity index (χ3n) is 4.81. The highest BCUT2D eigenvalue weighted by atomic mass is 16.5. The molecular formula is C21H23N3O. The average molecular weight is 333 g/mol. The van der Waals surface area contributed by atoms with Crippen molar-refractivity contribution in [1.29, 1.82) is 0 Å². The van der Waals surface area contributed by atoms with Crippen LogP contribution in [0.5, 0.6) is 0 Å². The number of ether oxygens (including phenoxy) is 1. The molecule has 2 heterocycles. The van der Waals surface area contributed by atoms with Crippen LogP contribution in [0, 0.1) is 5.92 Å². The van der Waals surface area contributed by atoms with Crippen molar-refractivity contribution in [3.05, 3.63) is 84.2 Å². The Morgan fingerprint density at radius 2 is 1.88 bits per heavy atom. The first-order chi connectivity index (χ1) is 12.4. The van der Waals surface area contributed by atoms with E-state index < -0.39 is 0 Å². The molecule has 1 aliphatic heterocycles. The summed E-state index contributed by atoms with van der Waals surface area (Å²) in [7, 11) is 0. The van der Waals surface area contributed by atoms with E-state index in [1.54, 1.807) is 0 Å². The van der Waals surface area contributed by atoms with E-state index in [-0.39, 0.29) is 6.10 Å². The van der Waals surface area contributed by atoms with Gasteiger partial charge in [0.1, 0.15) is 0 Å². The lowest BCUT2D eigenvalue weighted by Crippen LogP contribution is -2.25. The predicted molar refractivity (Wildman–Crippen MR) is 98.5 cm³/mol. The molecule has 1 saturated heterocycles. The number of rotatable bonds is 6. The molecule has 0 aliphatic carbocycles. The van der Waals surface area contributed by atoms with Crippen LogP contribution in [-0.2, 0) is 11.3 Å². The van der Waals surface area contributed by atoms with E-state index in [0.717, 1.165) is 31.8 Å². The van der Waals surface area contributed by atoms with E-state index in [1.165, 1.54) is 11.1 Å². The van der Waals surface area contributed by atoms with Gasteiger partial charge in [-0.3, -0.25) is 0 Å². The highest BCUT2D eigenvalue weighted by Crippen LogP contribution is 2.33. The zero-order valence-electron chi connectivity index (χ0n) is 14.2. The molecule has 4 rings (SSSR count). The first-order valence-electron chi connectivity index (χ1n) is 8.87. The Morgan fingerprint density at radius 3 is 2.72 bits per heavy atom. The van der Waals surface area contributed by atoms with Crippen LogP contribution in [0.25, 0.3) is 5.69 Å². The van der Waals surface area contributed by atoms with Crippen LogP contribution in [0.2, 0.25) is 0 Å². The number of hydrogen-bond acceptors (Lipinski definition) is 3. The zero-order valence-corrected chi connectivity index (χ0v) is 14.2. The molecule has 1 fully saturated rings. The van der Waals surface area contributed by atoms with Crippen LogP contribution in [0.3, 0.4) is 0 Å². The number of aromatic nitrogens is 2. The smallest absolute Gasteiger partial charge is 0.0866 e. The Bertz CT molecular complexity index is 786. The Balaban J connectivity index is 1.40. The normalized spacial score (nSPS) is 20.0. The Kier molecular flexibility index (Phi) is 4.91. The van der Waals surface area contributed by atoms with Crippen molar-refractivity contribution in [2.75, 3.05) is 13.2 Å². The fourth-order valence-corrected chi connectivity index (χ4v) is 3.54. The molecule has 128 valence electrons. The topological polar surface area (TPSA) is 39.1 Å². The summed E-state index contributed by atoms with van der Waals surface area (Å²) in [5, 5.41) is 7.98. The first-order valence-corrected chi connectivity index (χ1v) is 8.87. The van der Waals surface area contributed by atoms with Crippen LogP contribution in [0.4, 0.5) is 0 Å². The maximum Gasteiger partial charge on any atom is 0.0866 e. The van der Waals surface area contributed by atoms with Crippen molar-refractivity contribution in [3.63, 3.8) is 0 Å². The second kappa shape index (κ2) is 7.64. The van der Waals surface area contributed by atoms with Crippen molar-refractivity contribution >= 4 is 0 Å².